The van der Waals surface area contributed by atoms with Crippen LogP contribution in [0.25, 0.3) is 0 Å². The molecule has 0 radical (unpaired) electrons. The van der Waals surface area contributed by atoms with Gasteiger partial charge in [-0.1, -0.05) is 0 Å². The summed E-state index contributed by atoms with van der Waals surface area (Å²) in [5, 5.41) is 2.55. The zero-order valence-corrected chi connectivity index (χ0v) is 18.9. The summed E-state index contributed by atoms with van der Waals surface area (Å²) in [6.45, 7) is 15.7. The van der Waals surface area contributed by atoms with Crippen molar-refractivity contribution in [2.45, 2.75) is 91.6 Å². The van der Waals surface area contributed by atoms with Crippen LogP contribution < -0.4 is 5.32 Å². The smallest absolute Gasteiger partial charge is 0.418 e. The van der Waals surface area contributed by atoms with Gasteiger partial charge in [0.15, 0.2) is 0 Å². The van der Waals surface area contributed by atoms with Crippen LogP contribution in [0.1, 0.15) is 68.0 Å². The van der Waals surface area contributed by atoms with Gasteiger partial charge in [-0.3, -0.25) is 4.57 Å². The van der Waals surface area contributed by atoms with Crippen molar-refractivity contribution in [3.05, 3.63) is 24.0 Å². The Hall–Kier alpha value is -2.51. The largest absolute Gasteiger partial charge is 0.458 e. The number of alkyl carbamates (subject to hydrolysis) is 1. The molecule has 1 atom stereocenters. The second-order valence-corrected chi connectivity index (χ2v) is 9.79. The molecule has 0 aliphatic rings. The fourth-order valence-corrected chi connectivity index (χ4v) is 2.30. The number of esters is 1. The molecule has 1 amide bonds. The van der Waals surface area contributed by atoms with Gasteiger partial charge in [-0.15, -0.1) is 0 Å². The number of hydrogen-bond acceptors (Lipinski definition) is 6. The minimum atomic E-state index is -1.04. The minimum absolute atomic E-state index is 0.0282. The highest BCUT2D eigenvalue weighted by Crippen LogP contribution is 2.16. The van der Waals surface area contributed by atoms with E-state index < -0.39 is 41.0 Å². The third-order valence-electron chi connectivity index (χ3n) is 3.22. The molecule has 1 rings (SSSR count). The quantitative estimate of drug-likeness (QED) is 0.594. The van der Waals surface area contributed by atoms with Gasteiger partial charge in [0.2, 0.25) is 0 Å². The van der Waals surface area contributed by atoms with Crippen LogP contribution in [0, 0.1) is 0 Å². The first-order valence-electron chi connectivity index (χ1n) is 9.59. The molecule has 164 valence electrons. The number of carbonyl (C=O) groups excluding carboxylic acids is 3. The average Bonchev–Trinajstić information content (AvgIpc) is 2.89. The minimum Gasteiger partial charge on any atom is -0.458 e. The first kappa shape index (κ1) is 24.5. The Labute approximate surface area is 172 Å². The molecule has 0 spiro atoms. The van der Waals surface area contributed by atoms with Crippen LogP contribution in [0.3, 0.4) is 0 Å². The molecular weight excluding hydrogens is 376 g/mol. The van der Waals surface area contributed by atoms with Gasteiger partial charge in [-0.2, -0.15) is 0 Å². The van der Waals surface area contributed by atoms with E-state index in [4.69, 9.17) is 14.2 Å². The molecule has 0 aliphatic carbocycles. The summed E-state index contributed by atoms with van der Waals surface area (Å²) in [7, 11) is 0. The number of amides is 1. The van der Waals surface area contributed by atoms with Crippen molar-refractivity contribution in [1.82, 2.24) is 9.88 Å². The molecule has 0 bridgehead atoms. The molecule has 1 aromatic rings. The molecule has 29 heavy (non-hydrogen) atoms. The van der Waals surface area contributed by atoms with Crippen LogP contribution >= 0.6 is 0 Å². The average molecular weight is 411 g/mol. The first-order chi connectivity index (χ1) is 13.0. The summed E-state index contributed by atoms with van der Waals surface area (Å²) in [6.07, 6.45) is 0.255. The van der Waals surface area contributed by atoms with Crippen molar-refractivity contribution in [2.75, 3.05) is 0 Å². The summed E-state index contributed by atoms with van der Waals surface area (Å²) in [5.74, 6) is -0.625. The Morgan fingerprint density at radius 2 is 1.41 bits per heavy atom. The van der Waals surface area contributed by atoms with Gasteiger partial charge in [0, 0.05) is 18.3 Å². The Balaban J connectivity index is 3.06. The number of hydrogen-bond donors (Lipinski definition) is 1. The molecule has 0 saturated carbocycles. The van der Waals surface area contributed by atoms with Gasteiger partial charge >= 0.3 is 18.2 Å². The van der Waals surface area contributed by atoms with E-state index in [-0.39, 0.29) is 6.42 Å². The molecule has 1 aromatic heterocycles. The zero-order chi connectivity index (χ0) is 22.6. The summed E-state index contributed by atoms with van der Waals surface area (Å²) in [4.78, 5) is 37.4. The van der Waals surface area contributed by atoms with Gasteiger partial charge < -0.3 is 19.5 Å². The molecule has 1 heterocycles. The SMILES string of the molecule is CC(C)(C)OC(=O)N[C@@H](Cc1cccn1C(=O)OC(C)(C)C)C(=O)OC(C)(C)C. The molecule has 0 aliphatic heterocycles. The number of nitrogens with one attached hydrogen (secondary N) is 1. The van der Waals surface area contributed by atoms with Crippen LogP contribution in [-0.4, -0.2) is 45.6 Å². The van der Waals surface area contributed by atoms with Crippen LogP contribution in [0.5, 0.6) is 0 Å². The Morgan fingerprint density at radius 1 is 0.897 bits per heavy atom. The molecular formula is C21H34N2O6. The molecule has 8 nitrogen and oxygen atoms in total. The van der Waals surface area contributed by atoms with Gasteiger partial charge in [-0.05, 0) is 74.4 Å². The van der Waals surface area contributed by atoms with Crippen molar-refractivity contribution < 1.29 is 28.6 Å². The maximum Gasteiger partial charge on any atom is 0.418 e. The number of ether oxygens (including phenoxy) is 3. The van der Waals surface area contributed by atoms with Crippen molar-refractivity contribution in [1.29, 1.82) is 0 Å². The maximum atomic E-state index is 12.7. The van der Waals surface area contributed by atoms with Gasteiger partial charge in [0.1, 0.15) is 22.8 Å². The highest BCUT2D eigenvalue weighted by Gasteiger charge is 2.30. The number of aromatic nitrogens is 1. The Morgan fingerprint density at radius 3 is 1.90 bits per heavy atom. The fraction of sp³-hybridized carbons (Fsp3) is 0.667. The molecule has 0 unspecified atom stereocenters. The Bertz CT molecular complexity index is 732. The third kappa shape index (κ3) is 9.49. The molecule has 0 aromatic carbocycles. The number of rotatable bonds is 4. The lowest BCUT2D eigenvalue weighted by Gasteiger charge is -2.26. The van der Waals surface area contributed by atoms with Gasteiger partial charge in [0.25, 0.3) is 0 Å². The van der Waals surface area contributed by atoms with E-state index in [1.807, 2.05) is 0 Å². The first-order valence-corrected chi connectivity index (χ1v) is 9.59. The molecule has 0 saturated heterocycles. The number of carbonyl (C=O) groups is 3. The normalized spacial score (nSPS) is 13.4. The van der Waals surface area contributed by atoms with Crippen LogP contribution in [-0.2, 0) is 25.4 Å². The zero-order valence-electron chi connectivity index (χ0n) is 18.9. The van der Waals surface area contributed by atoms with E-state index in [0.29, 0.717) is 5.69 Å². The molecule has 0 fully saturated rings. The van der Waals surface area contributed by atoms with Gasteiger partial charge in [-0.25, -0.2) is 14.4 Å². The summed E-state index contributed by atoms with van der Waals surface area (Å²) in [5.41, 5.74) is -1.64. The Kier molecular flexibility index (Phi) is 7.51. The summed E-state index contributed by atoms with van der Waals surface area (Å²) < 4.78 is 17.4. The standard InChI is InChI=1S/C21H34N2O6/c1-19(2,3)27-16(24)15(22-17(25)28-20(4,5)6)13-14-11-10-12-23(14)18(26)29-21(7,8)9/h10-12,15H,13H2,1-9H3,(H,22,25)/t15-/m0/s1. The van der Waals surface area contributed by atoms with Crippen molar-refractivity contribution in [2.24, 2.45) is 0 Å². The predicted octanol–water partition coefficient (Wildman–Crippen LogP) is 4.05. The van der Waals surface area contributed by atoms with E-state index in [1.54, 1.807) is 80.6 Å². The highest BCUT2D eigenvalue weighted by atomic mass is 16.6. The van der Waals surface area contributed by atoms with Crippen molar-refractivity contribution in [3.63, 3.8) is 0 Å². The van der Waals surface area contributed by atoms with Crippen LogP contribution in [0.4, 0.5) is 9.59 Å². The van der Waals surface area contributed by atoms with Gasteiger partial charge in [0.05, 0.1) is 0 Å². The van der Waals surface area contributed by atoms with Crippen LogP contribution in [0.15, 0.2) is 18.3 Å². The van der Waals surface area contributed by atoms with E-state index in [1.165, 1.54) is 4.57 Å². The summed E-state index contributed by atoms with van der Waals surface area (Å²) in [6, 6.07) is 2.30. The van der Waals surface area contributed by atoms with E-state index in [2.05, 4.69) is 5.32 Å². The highest BCUT2D eigenvalue weighted by molar-refractivity contribution is 5.82. The molecule has 1 N–H and O–H groups in total. The topological polar surface area (TPSA) is 95.9 Å². The van der Waals surface area contributed by atoms with E-state index in [9.17, 15) is 14.4 Å². The lowest BCUT2D eigenvalue weighted by atomic mass is 10.1. The lowest BCUT2D eigenvalue weighted by molar-refractivity contribution is -0.157. The predicted molar refractivity (Wildman–Crippen MR) is 109 cm³/mol. The second-order valence-electron chi connectivity index (χ2n) is 9.79. The fourth-order valence-electron chi connectivity index (χ4n) is 2.30. The van der Waals surface area contributed by atoms with E-state index >= 15 is 0 Å². The lowest BCUT2D eigenvalue weighted by Crippen LogP contribution is -2.47. The second kappa shape index (κ2) is 8.88. The third-order valence-corrected chi connectivity index (χ3v) is 3.22. The van der Waals surface area contributed by atoms with Crippen molar-refractivity contribution in [3.8, 4) is 0 Å². The van der Waals surface area contributed by atoms with E-state index in [0.717, 1.165) is 0 Å². The summed E-state index contributed by atoms with van der Waals surface area (Å²) >= 11 is 0. The number of nitrogens with zero attached hydrogens (tertiary/aromatic N) is 1. The maximum absolute atomic E-state index is 12.7. The van der Waals surface area contributed by atoms with Crippen LogP contribution in [0.2, 0.25) is 0 Å². The molecule has 8 heteroatoms. The monoisotopic (exact) mass is 410 g/mol. The van der Waals surface area contributed by atoms with Crippen molar-refractivity contribution >= 4 is 18.2 Å².